The van der Waals surface area contributed by atoms with Crippen LogP contribution >= 0.6 is 11.3 Å². The Morgan fingerprint density at radius 2 is 1.73 bits per heavy atom. The zero-order chi connectivity index (χ0) is 26.8. The maximum atomic E-state index is 13.2. The number of methoxy groups -OCH3 is 1. The molecule has 1 unspecified atom stereocenters. The average molecular weight is 523 g/mol. The molecule has 8 heteroatoms. The van der Waals surface area contributed by atoms with E-state index in [0.717, 1.165) is 24.2 Å². The largest absolute Gasteiger partial charge is 0.497 e. The second-order valence-electron chi connectivity index (χ2n) is 10.6. The zero-order valence-corrected chi connectivity index (χ0v) is 23.3. The van der Waals surface area contributed by atoms with Crippen molar-refractivity contribution in [2.75, 3.05) is 25.5 Å². The van der Waals surface area contributed by atoms with Gasteiger partial charge in [-0.2, -0.15) is 0 Å². The summed E-state index contributed by atoms with van der Waals surface area (Å²) in [7, 11) is 1.62. The molecule has 1 atom stereocenters. The standard InChI is InChI=1S/C29H38N4O3S/c1-21(20-29(2,3)4)19-26(35)33(17-15-22-9-7-6-8-10-22)18-16-25(34)30-28-32-31-27(37-28)23-11-13-24(36-5)14-12-23/h6-14,21H,15-20H2,1-5H3,(H,30,32,34). The van der Waals surface area contributed by atoms with Gasteiger partial charge in [-0.25, -0.2) is 0 Å². The minimum absolute atomic E-state index is 0.0955. The fourth-order valence-corrected chi connectivity index (χ4v) is 5.12. The van der Waals surface area contributed by atoms with Crippen LogP contribution in [0, 0.1) is 11.3 Å². The monoisotopic (exact) mass is 522 g/mol. The van der Waals surface area contributed by atoms with E-state index in [1.54, 1.807) is 7.11 Å². The van der Waals surface area contributed by atoms with Gasteiger partial charge < -0.3 is 15.0 Å². The third-order valence-corrected chi connectivity index (χ3v) is 6.85. The Bertz CT molecular complexity index is 1140. The number of hydrogen-bond donors (Lipinski definition) is 1. The molecule has 3 rings (SSSR count). The van der Waals surface area contributed by atoms with E-state index in [-0.39, 0.29) is 29.6 Å². The van der Waals surface area contributed by atoms with Crippen molar-refractivity contribution in [2.24, 2.45) is 11.3 Å². The van der Waals surface area contributed by atoms with Crippen molar-refractivity contribution in [3.8, 4) is 16.3 Å². The van der Waals surface area contributed by atoms with Gasteiger partial charge in [-0.15, -0.1) is 10.2 Å². The molecule has 2 amide bonds. The molecule has 0 radical (unpaired) electrons. The molecule has 0 saturated carbocycles. The van der Waals surface area contributed by atoms with Gasteiger partial charge in [0.15, 0.2) is 0 Å². The molecule has 2 aromatic carbocycles. The lowest BCUT2D eigenvalue weighted by Gasteiger charge is -2.27. The van der Waals surface area contributed by atoms with Gasteiger partial charge in [0.05, 0.1) is 7.11 Å². The molecule has 0 saturated heterocycles. The highest BCUT2D eigenvalue weighted by Gasteiger charge is 2.22. The van der Waals surface area contributed by atoms with Crippen LogP contribution in [-0.2, 0) is 16.0 Å². The van der Waals surface area contributed by atoms with Crippen LogP contribution in [0.25, 0.3) is 10.6 Å². The van der Waals surface area contributed by atoms with E-state index in [2.05, 4.69) is 55.3 Å². The highest BCUT2D eigenvalue weighted by molar-refractivity contribution is 7.18. The molecule has 37 heavy (non-hydrogen) atoms. The number of carbonyl (C=O) groups excluding carboxylic acids is 2. The number of nitrogens with zero attached hydrogens (tertiary/aromatic N) is 3. The van der Waals surface area contributed by atoms with E-state index in [4.69, 9.17) is 4.74 Å². The summed E-state index contributed by atoms with van der Waals surface area (Å²) >= 11 is 1.31. The SMILES string of the molecule is COc1ccc(-c2nnc(NC(=O)CCN(CCc3ccccc3)C(=O)CC(C)CC(C)(C)C)s2)cc1. The van der Waals surface area contributed by atoms with Gasteiger partial charge in [-0.3, -0.25) is 9.59 Å². The van der Waals surface area contributed by atoms with E-state index in [9.17, 15) is 9.59 Å². The number of hydrogen-bond acceptors (Lipinski definition) is 6. The first-order chi connectivity index (χ1) is 17.6. The lowest BCUT2D eigenvalue weighted by Crippen LogP contribution is -2.36. The molecule has 198 valence electrons. The maximum Gasteiger partial charge on any atom is 0.227 e. The Balaban J connectivity index is 1.58. The fourth-order valence-electron chi connectivity index (χ4n) is 4.36. The molecule has 0 aliphatic heterocycles. The molecule has 7 nitrogen and oxygen atoms in total. The number of anilines is 1. The second kappa shape index (κ2) is 13.3. The number of benzene rings is 2. The number of rotatable bonds is 12. The van der Waals surface area contributed by atoms with Crippen LogP contribution in [0.4, 0.5) is 5.13 Å². The van der Waals surface area contributed by atoms with Gasteiger partial charge >= 0.3 is 0 Å². The molecular formula is C29H38N4O3S. The molecule has 0 spiro atoms. The van der Waals surface area contributed by atoms with Crippen molar-refractivity contribution >= 4 is 28.3 Å². The molecular weight excluding hydrogens is 484 g/mol. The van der Waals surface area contributed by atoms with Gasteiger partial charge in [-0.05, 0) is 54.0 Å². The van der Waals surface area contributed by atoms with Crippen LogP contribution in [0.2, 0.25) is 0 Å². The Kier molecular flexibility index (Phi) is 10.2. The van der Waals surface area contributed by atoms with E-state index in [1.165, 1.54) is 16.9 Å². The van der Waals surface area contributed by atoms with Crippen molar-refractivity contribution in [1.82, 2.24) is 15.1 Å². The number of amides is 2. The molecule has 0 aliphatic rings. The summed E-state index contributed by atoms with van der Waals surface area (Å²) in [6, 6.07) is 17.6. The van der Waals surface area contributed by atoms with Crippen LogP contribution < -0.4 is 10.1 Å². The normalized spacial score (nSPS) is 12.1. The summed E-state index contributed by atoms with van der Waals surface area (Å²) in [5, 5.41) is 12.3. The number of carbonyl (C=O) groups is 2. The van der Waals surface area contributed by atoms with Crippen molar-refractivity contribution in [1.29, 1.82) is 0 Å². The van der Waals surface area contributed by atoms with Crippen LogP contribution in [-0.4, -0.2) is 47.1 Å². The molecule has 1 heterocycles. The number of aromatic nitrogens is 2. The Morgan fingerprint density at radius 1 is 1.03 bits per heavy atom. The maximum absolute atomic E-state index is 13.2. The fraction of sp³-hybridized carbons (Fsp3) is 0.448. The quantitative estimate of drug-likeness (QED) is 0.312. The molecule has 1 aromatic heterocycles. The van der Waals surface area contributed by atoms with Gasteiger partial charge in [-0.1, -0.05) is 69.4 Å². The molecule has 0 aliphatic carbocycles. The van der Waals surface area contributed by atoms with Crippen molar-refractivity contribution in [3.05, 3.63) is 60.2 Å². The van der Waals surface area contributed by atoms with E-state index >= 15 is 0 Å². The first kappa shape index (κ1) is 28.3. The number of nitrogens with one attached hydrogen (secondary N) is 1. The van der Waals surface area contributed by atoms with E-state index < -0.39 is 0 Å². The van der Waals surface area contributed by atoms with Gasteiger partial charge in [0, 0.05) is 31.5 Å². The minimum atomic E-state index is -0.183. The highest BCUT2D eigenvalue weighted by Crippen LogP contribution is 2.28. The topological polar surface area (TPSA) is 84.4 Å². The Hall–Kier alpha value is -3.26. The lowest BCUT2D eigenvalue weighted by atomic mass is 9.84. The van der Waals surface area contributed by atoms with Crippen LogP contribution in [0.5, 0.6) is 5.75 Å². The second-order valence-corrected chi connectivity index (χ2v) is 11.6. The third-order valence-electron chi connectivity index (χ3n) is 5.97. The lowest BCUT2D eigenvalue weighted by molar-refractivity contribution is -0.132. The van der Waals surface area contributed by atoms with Crippen molar-refractivity contribution in [2.45, 2.75) is 53.4 Å². The van der Waals surface area contributed by atoms with Crippen LogP contribution in [0.1, 0.15) is 52.5 Å². The predicted molar refractivity (Wildman–Crippen MR) is 150 cm³/mol. The molecule has 3 aromatic rings. The van der Waals surface area contributed by atoms with Crippen LogP contribution in [0.3, 0.4) is 0 Å². The molecule has 0 fully saturated rings. The summed E-state index contributed by atoms with van der Waals surface area (Å²) < 4.78 is 5.19. The van der Waals surface area contributed by atoms with Crippen molar-refractivity contribution < 1.29 is 14.3 Å². The molecule has 1 N–H and O–H groups in total. The van der Waals surface area contributed by atoms with E-state index in [1.807, 2.05) is 47.4 Å². The summed E-state index contributed by atoms with van der Waals surface area (Å²) in [5.41, 5.74) is 2.24. The Morgan fingerprint density at radius 3 is 2.38 bits per heavy atom. The summed E-state index contributed by atoms with van der Waals surface area (Å²) in [5.74, 6) is 0.954. The predicted octanol–water partition coefficient (Wildman–Crippen LogP) is 6.08. The summed E-state index contributed by atoms with van der Waals surface area (Å²) in [6.45, 7) is 9.65. The Labute approximate surface area is 224 Å². The summed E-state index contributed by atoms with van der Waals surface area (Å²) in [6.07, 6.45) is 2.41. The van der Waals surface area contributed by atoms with Crippen LogP contribution in [0.15, 0.2) is 54.6 Å². The highest BCUT2D eigenvalue weighted by atomic mass is 32.1. The first-order valence-electron chi connectivity index (χ1n) is 12.7. The average Bonchev–Trinajstić information content (AvgIpc) is 3.31. The third kappa shape index (κ3) is 9.61. The van der Waals surface area contributed by atoms with Gasteiger partial charge in [0.25, 0.3) is 0 Å². The van der Waals surface area contributed by atoms with Crippen molar-refractivity contribution in [3.63, 3.8) is 0 Å². The van der Waals surface area contributed by atoms with E-state index in [0.29, 0.717) is 29.6 Å². The smallest absolute Gasteiger partial charge is 0.227 e. The number of ether oxygens (including phenoxy) is 1. The first-order valence-corrected chi connectivity index (χ1v) is 13.5. The zero-order valence-electron chi connectivity index (χ0n) is 22.5. The minimum Gasteiger partial charge on any atom is -0.497 e. The summed E-state index contributed by atoms with van der Waals surface area (Å²) in [4.78, 5) is 27.8. The molecule has 0 bridgehead atoms. The van der Waals surface area contributed by atoms with Gasteiger partial charge in [0.1, 0.15) is 10.8 Å². The van der Waals surface area contributed by atoms with Gasteiger partial charge in [0.2, 0.25) is 16.9 Å².